The zero-order valence-electron chi connectivity index (χ0n) is 21.9. The number of hydrogen-bond donors (Lipinski definition) is 2. The zero-order chi connectivity index (χ0) is 26.8. The maximum absolute atomic E-state index is 12.1. The van der Waals surface area contributed by atoms with Crippen LogP contribution in [0.5, 0.6) is 0 Å². The van der Waals surface area contributed by atoms with Crippen LogP contribution in [0.3, 0.4) is 0 Å². The minimum atomic E-state index is -0.829. The van der Waals surface area contributed by atoms with Gasteiger partial charge in [0, 0.05) is 0 Å². The molecule has 204 valence electrons. The van der Waals surface area contributed by atoms with Gasteiger partial charge >= 0.3 is 12.1 Å². The maximum Gasteiger partial charge on any atom is 0.408 e. The summed E-state index contributed by atoms with van der Waals surface area (Å²) in [5.74, 6) is -0.536. The lowest BCUT2D eigenvalue weighted by Gasteiger charge is -2.24. The highest BCUT2D eigenvalue weighted by molar-refractivity contribution is 7.80. The number of ether oxygens (including phenoxy) is 6. The molecule has 0 saturated heterocycles. The van der Waals surface area contributed by atoms with E-state index in [1.807, 2.05) is 30.3 Å². The van der Waals surface area contributed by atoms with Gasteiger partial charge in [-0.2, -0.15) is 0 Å². The van der Waals surface area contributed by atoms with E-state index in [1.54, 1.807) is 27.7 Å². The van der Waals surface area contributed by atoms with Crippen molar-refractivity contribution in [2.45, 2.75) is 52.0 Å². The van der Waals surface area contributed by atoms with Crippen molar-refractivity contribution in [3.05, 3.63) is 35.9 Å². The summed E-state index contributed by atoms with van der Waals surface area (Å²) in [6.07, 6.45) is -0.606. The molecule has 1 aromatic carbocycles. The Morgan fingerprint density at radius 2 is 1.44 bits per heavy atom. The Morgan fingerprint density at radius 1 is 0.889 bits per heavy atom. The van der Waals surface area contributed by atoms with Crippen LogP contribution in [0.15, 0.2) is 30.3 Å². The fourth-order valence-corrected chi connectivity index (χ4v) is 2.88. The molecule has 10 nitrogen and oxygen atoms in total. The Labute approximate surface area is 219 Å². The van der Waals surface area contributed by atoms with Crippen LogP contribution in [0.4, 0.5) is 4.79 Å². The van der Waals surface area contributed by atoms with Crippen LogP contribution in [-0.2, 0) is 39.8 Å². The van der Waals surface area contributed by atoms with Gasteiger partial charge in [0.2, 0.25) is 0 Å². The molecule has 0 spiro atoms. The molecular formula is C25H40N2O8S. The Balaban J connectivity index is 2.14. The van der Waals surface area contributed by atoms with Crippen molar-refractivity contribution in [3.8, 4) is 0 Å². The standard InChI is InChI=1S/C25H40N2O8S/c1-19(26-24(29)35-25(2,3)4)22(36)27-21(23(28)30-5)18-34-16-14-32-12-11-31-13-15-33-17-20-9-7-6-8-10-20/h6-10,19,21H,11-18H2,1-5H3,(H,26,29)(H,27,36)/t19-,21-/m0/s1. The molecule has 0 aromatic heterocycles. The molecule has 0 saturated carbocycles. The van der Waals surface area contributed by atoms with Crippen LogP contribution in [-0.4, -0.2) is 88.1 Å². The summed E-state index contributed by atoms with van der Waals surface area (Å²) in [4.78, 5) is 24.3. The molecule has 11 heteroatoms. The van der Waals surface area contributed by atoms with E-state index in [0.717, 1.165) is 5.56 Å². The lowest BCUT2D eigenvalue weighted by molar-refractivity contribution is -0.144. The highest BCUT2D eigenvalue weighted by atomic mass is 32.1. The van der Waals surface area contributed by atoms with Crippen molar-refractivity contribution < 1.29 is 38.0 Å². The van der Waals surface area contributed by atoms with Crippen LogP contribution in [0.1, 0.15) is 33.3 Å². The first-order chi connectivity index (χ1) is 17.1. The van der Waals surface area contributed by atoms with E-state index in [9.17, 15) is 9.59 Å². The van der Waals surface area contributed by atoms with Gasteiger partial charge in [-0.1, -0.05) is 42.5 Å². The number of esters is 1. The normalized spacial score (nSPS) is 12.9. The molecule has 0 fully saturated rings. The summed E-state index contributed by atoms with van der Waals surface area (Å²) in [6.45, 7) is 10.0. The molecule has 0 heterocycles. The van der Waals surface area contributed by atoms with Gasteiger partial charge in [-0.3, -0.25) is 0 Å². The minimum Gasteiger partial charge on any atom is -0.467 e. The summed E-state index contributed by atoms with van der Waals surface area (Å²) in [5.41, 5.74) is 0.492. The molecule has 2 N–H and O–H groups in total. The minimum absolute atomic E-state index is 0.0184. The molecule has 2 atom stereocenters. The summed E-state index contributed by atoms with van der Waals surface area (Å²) >= 11 is 5.30. The number of hydrogen-bond acceptors (Lipinski definition) is 9. The number of amides is 1. The summed E-state index contributed by atoms with van der Waals surface area (Å²) < 4.78 is 32.0. The molecule has 0 aliphatic carbocycles. The van der Waals surface area contributed by atoms with Crippen molar-refractivity contribution >= 4 is 29.3 Å². The summed E-state index contributed by atoms with van der Waals surface area (Å²) in [7, 11) is 1.28. The molecule has 0 unspecified atom stereocenters. The SMILES string of the molecule is COC(=O)[C@H](COCCOCCOCCOCc1ccccc1)NC(=S)[C@H](C)NC(=O)OC(C)(C)C. The Bertz CT molecular complexity index is 773. The molecule has 1 rings (SSSR count). The summed E-state index contributed by atoms with van der Waals surface area (Å²) in [5, 5.41) is 5.49. The van der Waals surface area contributed by atoms with Gasteiger partial charge in [-0.25, -0.2) is 9.59 Å². The molecule has 1 amide bonds. The van der Waals surface area contributed by atoms with Gasteiger partial charge in [-0.05, 0) is 33.3 Å². The van der Waals surface area contributed by atoms with Crippen LogP contribution in [0.25, 0.3) is 0 Å². The van der Waals surface area contributed by atoms with Gasteiger partial charge in [0.05, 0.1) is 71.0 Å². The third kappa shape index (κ3) is 15.6. The Hall–Kier alpha value is -2.31. The summed E-state index contributed by atoms with van der Waals surface area (Å²) in [6, 6.07) is 8.56. The topological polar surface area (TPSA) is 114 Å². The number of carbonyl (C=O) groups excluding carboxylic acids is 2. The van der Waals surface area contributed by atoms with E-state index in [-0.39, 0.29) is 18.2 Å². The number of rotatable bonds is 17. The Kier molecular flexibility index (Phi) is 15.9. The maximum atomic E-state index is 12.1. The monoisotopic (exact) mass is 528 g/mol. The van der Waals surface area contributed by atoms with Gasteiger partial charge in [-0.15, -0.1) is 0 Å². The van der Waals surface area contributed by atoms with Crippen molar-refractivity contribution in [1.29, 1.82) is 0 Å². The fourth-order valence-electron chi connectivity index (χ4n) is 2.68. The van der Waals surface area contributed by atoms with E-state index in [0.29, 0.717) is 39.6 Å². The van der Waals surface area contributed by atoms with Gasteiger partial charge in [0.25, 0.3) is 0 Å². The lowest BCUT2D eigenvalue weighted by atomic mass is 10.2. The smallest absolute Gasteiger partial charge is 0.408 e. The number of methoxy groups -OCH3 is 1. The van der Waals surface area contributed by atoms with Crippen LogP contribution >= 0.6 is 12.2 Å². The molecule has 0 aliphatic rings. The second kappa shape index (κ2) is 18.0. The van der Waals surface area contributed by atoms with Crippen LogP contribution < -0.4 is 10.6 Å². The van der Waals surface area contributed by atoms with E-state index in [2.05, 4.69) is 10.6 Å². The molecular weight excluding hydrogens is 488 g/mol. The molecule has 36 heavy (non-hydrogen) atoms. The van der Waals surface area contributed by atoms with Crippen molar-refractivity contribution in [2.75, 3.05) is 53.4 Å². The van der Waals surface area contributed by atoms with Crippen molar-refractivity contribution in [3.63, 3.8) is 0 Å². The first kappa shape index (κ1) is 31.7. The predicted octanol–water partition coefficient (Wildman–Crippen LogP) is 2.62. The molecule has 0 bridgehead atoms. The predicted molar refractivity (Wildman–Crippen MR) is 139 cm³/mol. The first-order valence-corrected chi connectivity index (χ1v) is 12.3. The first-order valence-electron chi connectivity index (χ1n) is 11.8. The quantitative estimate of drug-likeness (QED) is 0.178. The molecule has 0 aliphatic heterocycles. The van der Waals surface area contributed by atoms with Gasteiger partial charge in [0.1, 0.15) is 11.6 Å². The largest absolute Gasteiger partial charge is 0.467 e. The van der Waals surface area contributed by atoms with Gasteiger partial charge < -0.3 is 39.1 Å². The van der Waals surface area contributed by atoms with Gasteiger partial charge in [0.15, 0.2) is 0 Å². The zero-order valence-corrected chi connectivity index (χ0v) is 22.7. The van der Waals surface area contributed by atoms with Crippen molar-refractivity contribution in [2.24, 2.45) is 0 Å². The second-order valence-electron chi connectivity index (χ2n) is 8.79. The fraction of sp³-hybridized carbons (Fsp3) is 0.640. The van der Waals surface area contributed by atoms with E-state index >= 15 is 0 Å². The van der Waals surface area contributed by atoms with Crippen molar-refractivity contribution in [1.82, 2.24) is 10.6 Å². The lowest BCUT2D eigenvalue weighted by Crippen LogP contribution is -2.52. The number of nitrogens with one attached hydrogen (secondary N) is 2. The third-order valence-electron chi connectivity index (χ3n) is 4.44. The van der Waals surface area contributed by atoms with E-state index < -0.39 is 29.7 Å². The third-order valence-corrected chi connectivity index (χ3v) is 4.91. The average molecular weight is 529 g/mol. The number of thiocarbonyl (C=S) groups is 1. The highest BCUT2D eigenvalue weighted by Gasteiger charge is 2.24. The second-order valence-corrected chi connectivity index (χ2v) is 9.23. The van der Waals surface area contributed by atoms with Crippen LogP contribution in [0, 0.1) is 0 Å². The number of carbonyl (C=O) groups is 2. The average Bonchev–Trinajstić information content (AvgIpc) is 2.82. The van der Waals surface area contributed by atoms with E-state index in [4.69, 9.17) is 40.6 Å². The number of alkyl carbamates (subject to hydrolysis) is 1. The molecule has 0 radical (unpaired) electrons. The molecule has 1 aromatic rings. The van der Waals surface area contributed by atoms with E-state index in [1.165, 1.54) is 7.11 Å². The number of benzene rings is 1. The Morgan fingerprint density at radius 3 is 2.00 bits per heavy atom. The highest BCUT2D eigenvalue weighted by Crippen LogP contribution is 2.07. The van der Waals surface area contributed by atoms with Crippen LogP contribution in [0.2, 0.25) is 0 Å².